The number of piperidine rings is 1. The van der Waals surface area contributed by atoms with Crippen LogP contribution in [0.1, 0.15) is 30.9 Å². The van der Waals surface area contributed by atoms with Crippen molar-refractivity contribution in [2.75, 3.05) is 13.1 Å². The molecule has 1 fully saturated rings. The van der Waals surface area contributed by atoms with Crippen molar-refractivity contribution in [1.29, 1.82) is 0 Å². The van der Waals surface area contributed by atoms with Gasteiger partial charge in [-0.25, -0.2) is 4.39 Å². The summed E-state index contributed by atoms with van der Waals surface area (Å²) in [6.07, 6.45) is 2.36. The molecule has 1 heterocycles. The standard InChI is InChI=1S/C20H22FNOS/c1-15-10-12-22(13-11-15)20(24)18-4-2-3-5-19(18)23-14-16-6-8-17(21)9-7-16/h2-9,15H,10-14H2,1H3. The van der Waals surface area contributed by atoms with Crippen molar-refractivity contribution in [3.8, 4) is 5.75 Å². The summed E-state index contributed by atoms with van der Waals surface area (Å²) >= 11 is 5.71. The second-order valence-electron chi connectivity index (χ2n) is 6.39. The summed E-state index contributed by atoms with van der Waals surface area (Å²) < 4.78 is 18.9. The molecule has 0 aliphatic carbocycles. The van der Waals surface area contributed by atoms with E-state index in [4.69, 9.17) is 17.0 Å². The highest BCUT2D eigenvalue weighted by Crippen LogP contribution is 2.25. The van der Waals surface area contributed by atoms with Gasteiger partial charge in [-0.05, 0) is 48.6 Å². The molecule has 24 heavy (non-hydrogen) atoms. The molecule has 2 aromatic carbocycles. The van der Waals surface area contributed by atoms with Gasteiger partial charge in [-0.3, -0.25) is 0 Å². The van der Waals surface area contributed by atoms with E-state index in [2.05, 4.69) is 11.8 Å². The van der Waals surface area contributed by atoms with E-state index in [1.54, 1.807) is 12.1 Å². The highest BCUT2D eigenvalue weighted by Gasteiger charge is 2.20. The van der Waals surface area contributed by atoms with E-state index in [-0.39, 0.29) is 5.82 Å². The maximum Gasteiger partial charge on any atom is 0.130 e. The zero-order chi connectivity index (χ0) is 16.9. The lowest BCUT2D eigenvalue weighted by Gasteiger charge is -2.32. The Morgan fingerprint density at radius 3 is 2.50 bits per heavy atom. The third-order valence-electron chi connectivity index (χ3n) is 4.50. The first-order valence-corrected chi connectivity index (χ1v) is 8.80. The smallest absolute Gasteiger partial charge is 0.130 e. The van der Waals surface area contributed by atoms with Crippen molar-refractivity contribution in [1.82, 2.24) is 4.90 Å². The van der Waals surface area contributed by atoms with Crippen LogP contribution in [0.15, 0.2) is 48.5 Å². The molecule has 0 unspecified atom stereocenters. The normalized spacial score (nSPS) is 15.3. The SMILES string of the molecule is CC1CCN(C(=S)c2ccccc2OCc2ccc(F)cc2)CC1. The van der Waals surface area contributed by atoms with Crippen molar-refractivity contribution >= 4 is 17.2 Å². The summed E-state index contributed by atoms with van der Waals surface area (Å²) in [5.41, 5.74) is 1.90. The molecular formula is C20H22FNOS. The number of benzene rings is 2. The van der Waals surface area contributed by atoms with Crippen LogP contribution in [-0.2, 0) is 6.61 Å². The van der Waals surface area contributed by atoms with Gasteiger partial charge in [0.25, 0.3) is 0 Å². The van der Waals surface area contributed by atoms with Crippen LogP contribution >= 0.6 is 12.2 Å². The summed E-state index contributed by atoms with van der Waals surface area (Å²) in [6, 6.07) is 14.3. The first-order chi connectivity index (χ1) is 11.6. The zero-order valence-electron chi connectivity index (χ0n) is 13.9. The Labute approximate surface area is 148 Å². The fraction of sp³-hybridized carbons (Fsp3) is 0.350. The molecule has 0 N–H and O–H groups in total. The Bertz CT molecular complexity index is 693. The lowest BCUT2D eigenvalue weighted by molar-refractivity contribution is 0.281. The average Bonchev–Trinajstić information content (AvgIpc) is 2.61. The Hall–Kier alpha value is -1.94. The van der Waals surface area contributed by atoms with Gasteiger partial charge in [-0.2, -0.15) is 0 Å². The molecule has 2 nitrogen and oxygen atoms in total. The Kier molecular flexibility index (Phi) is 5.46. The summed E-state index contributed by atoms with van der Waals surface area (Å²) in [4.78, 5) is 3.13. The van der Waals surface area contributed by atoms with Gasteiger partial charge >= 0.3 is 0 Å². The Balaban J connectivity index is 1.70. The number of thiocarbonyl (C=S) groups is 1. The summed E-state index contributed by atoms with van der Waals surface area (Å²) in [7, 11) is 0. The van der Waals surface area contributed by atoms with E-state index < -0.39 is 0 Å². The van der Waals surface area contributed by atoms with Crippen LogP contribution in [-0.4, -0.2) is 23.0 Å². The van der Waals surface area contributed by atoms with Gasteiger partial charge in [0.05, 0.1) is 5.56 Å². The maximum atomic E-state index is 13.0. The third-order valence-corrected chi connectivity index (χ3v) is 4.97. The average molecular weight is 343 g/mol. The van der Waals surface area contributed by atoms with Gasteiger partial charge in [0.1, 0.15) is 23.2 Å². The van der Waals surface area contributed by atoms with Crippen LogP contribution < -0.4 is 4.74 Å². The first-order valence-electron chi connectivity index (χ1n) is 8.39. The van der Waals surface area contributed by atoms with Crippen LogP contribution in [0, 0.1) is 11.7 Å². The van der Waals surface area contributed by atoms with Crippen molar-refractivity contribution in [2.24, 2.45) is 5.92 Å². The predicted molar refractivity (Wildman–Crippen MR) is 98.8 cm³/mol. The van der Waals surface area contributed by atoms with Crippen molar-refractivity contribution in [3.63, 3.8) is 0 Å². The fourth-order valence-corrected chi connectivity index (χ4v) is 3.24. The second kappa shape index (κ2) is 7.75. The molecule has 2 aromatic rings. The summed E-state index contributed by atoms with van der Waals surface area (Å²) in [5.74, 6) is 1.32. The highest BCUT2D eigenvalue weighted by atomic mass is 32.1. The minimum Gasteiger partial charge on any atom is -0.488 e. The molecule has 0 aromatic heterocycles. The Morgan fingerprint density at radius 2 is 1.79 bits per heavy atom. The van der Waals surface area contributed by atoms with Gasteiger partial charge in [0.15, 0.2) is 0 Å². The number of ether oxygens (including phenoxy) is 1. The number of para-hydroxylation sites is 1. The number of hydrogen-bond acceptors (Lipinski definition) is 2. The number of rotatable bonds is 4. The van der Waals surface area contributed by atoms with Gasteiger partial charge in [0.2, 0.25) is 0 Å². The van der Waals surface area contributed by atoms with E-state index in [9.17, 15) is 4.39 Å². The monoisotopic (exact) mass is 343 g/mol. The Morgan fingerprint density at radius 1 is 1.12 bits per heavy atom. The van der Waals surface area contributed by atoms with E-state index in [0.717, 1.165) is 40.9 Å². The predicted octanol–water partition coefficient (Wildman–Crippen LogP) is 4.81. The number of hydrogen-bond donors (Lipinski definition) is 0. The van der Waals surface area contributed by atoms with E-state index >= 15 is 0 Å². The maximum absolute atomic E-state index is 13.0. The van der Waals surface area contributed by atoms with Gasteiger partial charge in [-0.1, -0.05) is 43.4 Å². The molecule has 4 heteroatoms. The largest absolute Gasteiger partial charge is 0.488 e. The van der Waals surface area contributed by atoms with Gasteiger partial charge < -0.3 is 9.64 Å². The molecule has 0 bridgehead atoms. The minimum atomic E-state index is -0.236. The van der Waals surface area contributed by atoms with Crippen molar-refractivity contribution < 1.29 is 9.13 Å². The molecule has 1 aliphatic heterocycles. The van der Waals surface area contributed by atoms with Crippen LogP contribution in [0.3, 0.4) is 0 Å². The van der Waals surface area contributed by atoms with Crippen molar-refractivity contribution in [2.45, 2.75) is 26.4 Å². The zero-order valence-corrected chi connectivity index (χ0v) is 14.7. The van der Waals surface area contributed by atoms with Crippen LogP contribution in [0.2, 0.25) is 0 Å². The molecule has 0 radical (unpaired) electrons. The summed E-state index contributed by atoms with van der Waals surface area (Å²) in [5, 5.41) is 0. The lowest BCUT2D eigenvalue weighted by Crippen LogP contribution is -2.37. The molecular weight excluding hydrogens is 321 g/mol. The third kappa shape index (κ3) is 4.12. The number of halogens is 1. The summed E-state index contributed by atoms with van der Waals surface area (Å²) in [6.45, 7) is 4.70. The molecule has 3 rings (SSSR count). The van der Waals surface area contributed by atoms with Crippen LogP contribution in [0.5, 0.6) is 5.75 Å². The van der Waals surface area contributed by atoms with Crippen LogP contribution in [0.4, 0.5) is 4.39 Å². The molecule has 0 saturated carbocycles. The molecule has 126 valence electrons. The van der Waals surface area contributed by atoms with Gasteiger partial charge in [-0.15, -0.1) is 0 Å². The van der Waals surface area contributed by atoms with E-state index in [1.807, 2.05) is 24.3 Å². The number of likely N-dealkylation sites (tertiary alicyclic amines) is 1. The quantitative estimate of drug-likeness (QED) is 0.739. The first kappa shape index (κ1) is 16.9. The minimum absolute atomic E-state index is 0.236. The van der Waals surface area contributed by atoms with E-state index in [0.29, 0.717) is 6.61 Å². The topological polar surface area (TPSA) is 12.5 Å². The fourth-order valence-electron chi connectivity index (χ4n) is 2.89. The molecule has 0 spiro atoms. The van der Waals surface area contributed by atoms with E-state index in [1.165, 1.54) is 25.0 Å². The second-order valence-corrected chi connectivity index (χ2v) is 6.77. The highest BCUT2D eigenvalue weighted by molar-refractivity contribution is 7.80. The molecule has 1 saturated heterocycles. The number of nitrogens with zero attached hydrogens (tertiary/aromatic N) is 1. The molecule has 0 amide bonds. The van der Waals surface area contributed by atoms with Gasteiger partial charge in [0, 0.05) is 13.1 Å². The molecule has 1 aliphatic rings. The van der Waals surface area contributed by atoms with Crippen LogP contribution in [0.25, 0.3) is 0 Å². The van der Waals surface area contributed by atoms with Crippen molar-refractivity contribution in [3.05, 3.63) is 65.5 Å². The lowest BCUT2D eigenvalue weighted by atomic mass is 9.99. The molecule has 0 atom stereocenters.